The number of nitrogens with zero attached hydrogens (tertiary/aromatic N) is 1. The molecule has 1 aromatic carbocycles. The number of nitrogens with one attached hydrogen (secondary N) is 1. The number of aliphatic carboxylic acids is 1. The average Bonchev–Trinajstić information content (AvgIpc) is 3.13. The molecule has 2 N–H and O–H groups in total. The van der Waals surface area contributed by atoms with Gasteiger partial charge in [0, 0.05) is 18.3 Å². The van der Waals surface area contributed by atoms with Gasteiger partial charge in [0.05, 0.1) is 5.92 Å². The molecule has 112 valence electrons. The quantitative estimate of drug-likeness (QED) is 0.889. The van der Waals surface area contributed by atoms with E-state index >= 15 is 0 Å². The number of carbonyl (C=O) groups excluding carboxylic acids is 1. The van der Waals surface area contributed by atoms with Crippen LogP contribution in [0.4, 0.5) is 5.69 Å². The number of hydrogen-bond acceptors (Lipinski definition) is 3. The molecule has 1 aliphatic heterocycles. The summed E-state index contributed by atoms with van der Waals surface area (Å²) >= 11 is 0. The SMILES string of the molecule is O=C(O)CN(C(=O)C1CNc2ccccc21)C1CCCC1. The molecule has 1 fully saturated rings. The van der Waals surface area contributed by atoms with Gasteiger partial charge < -0.3 is 15.3 Å². The van der Waals surface area contributed by atoms with E-state index in [-0.39, 0.29) is 24.4 Å². The van der Waals surface area contributed by atoms with Crippen LogP contribution in [0.2, 0.25) is 0 Å². The van der Waals surface area contributed by atoms with E-state index in [9.17, 15) is 9.59 Å². The van der Waals surface area contributed by atoms with Crippen molar-refractivity contribution in [2.75, 3.05) is 18.4 Å². The van der Waals surface area contributed by atoms with Gasteiger partial charge in [0.2, 0.25) is 5.91 Å². The van der Waals surface area contributed by atoms with E-state index in [4.69, 9.17) is 5.11 Å². The van der Waals surface area contributed by atoms with Crippen LogP contribution in [-0.4, -0.2) is 41.0 Å². The van der Waals surface area contributed by atoms with E-state index < -0.39 is 5.97 Å². The van der Waals surface area contributed by atoms with Crippen LogP contribution in [0, 0.1) is 0 Å². The van der Waals surface area contributed by atoms with Crippen LogP contribution in [-0.2, 0) is 9.59 Å². The number of fused-ring (bicyclic) bond motifs is 1. The molecule has 21 heavy (non-hydrogen) atoms. The molecular weight excluding hydrogens is 268 g/mol. The van der Waals surface area contributed by atoms with Crippen LogP contribution < -0.4 is 5.32 Å². The second kappa shape index (κ2) is 5.76. The Morgan fingerprint density at radius 2 is 1.95 bits per heavy atom. The molecule has 0 saturated heterocycles. The summed E-state index contributed by atoms with van der Waals surface area (Å²) in [6.07, 6.45) is 3.99. The molecule has 3 rings (SSSR count). The van der Waals surface area contributed by atoms with Crippen LogP contribution >= 0.6 is 0 Å². The summed E-state index contributed by atoms with van der Waals surface area (Å²) in [5.41, 5.74) is 1.97. The molecule has 1 unspecified atom stereocenters. The number of anilines is 1. The minimum atomic E-state index is -0.936. The van der Waals surface area contributed by atoms with Crippen molar-refractivity contribution in [1.29, 1.82) is 0 Å². The Hall–Kier alpha value is -2.04. The number of carboxylic acids is 1. The van der Waals surface area contributed by atoms with Crippen molar-refractivity contribution < 1.29 is 14.7 Å². The molecule has 1 aromatic rings. The number of amides is 1. The lowest BCUT2D eigenvalue weighted by atomic mass is 9.98. The van der Waals surface area contributed by atoms with Crippen molar-refractivity contribution in [3.05, 3.63) is 29.8 Å². The molecule has 5 heteroatoms. The van der Waals surface area contributed by atoms with Gasteiger partial charge in [-0.05, 0) is 24.5 Å². The molecule has 0 aromatic heterocycles. The third kappa shape index (κ3) is 2.73. The summed E-state index contributed by atoms with van der Waals surface area (Å²) in [5, 5.41) is 12.4. The van der Waals surface area contributed by atoms with Crippen molar-refractivity contribution in [2.45, 2.75) is 37.6 Å². The zero-order chi connectivity index (χ0) is 14.8. The maximum atomic E-state index is 12.9. The Morgan fingerprint density at radius 3 is 2.67 bits per heavy atom. The van der Waals surface area contributed by atoms with Gasteiger partial charge in [-0.25, -0.2) is 0 Å². The predicted octanol–water partition coefficient (Wildman–Crippen LogP) is 2.05. The van der Waals surface area contributed by atoms with E-state index in [2.05, 4.69) is 5.32 Å². The first-order valence-corrected chi connectivity index (χ1v) is 7.52. The zero-order valence-electron chi connectivity index (χ0n) is 11.9. The maximum absolute atomic E-state index is 12.9. The van der Waals surface area contributed by atoms with E-state index in [1.807, 2.05) is 24.3 Å². The van der Waals surface area contributed by atoms with E-state index in [1.54, 1.807) is 4.90 Å². The first-order valence-electron chi connectivity index (χ1n) is 7.52. The topological polar surface area (TPSA) is 69.6 Å². The molecule has 0 bridgehead atoms. The fraction of sp³-hybridized carbons (Fsp3) is 0.500. The molecule has 0 spiro atoms. The van der Waals surface area contributed by atoms with Gasteiger partial charge in [0.25, 0.3) is 0 Å². The van der Waals surface area contributed by atoms with Crippen molar-refractivity contribution in [3.8, 4) is 0 Å². The first-order chi connectivity index (χ1) is 10.2. The molecule has 1 aliphatic carbocycles. The number of carbonyl (C=O) groups is 2. The third-order valence-electron chi connectivity index (χ3n) is 4.49. The highest BCUT2D eigenvalue weighted by molar-refractivity contribution is 5.90. The van der Waals surface area contributed by atoms with Crippen molar-refractivity contribution in [3.63, 3.8) is 0 Å². The highest BCUT2D eigenvalue weighted by Crippen LogP contribution is 2.34. The molecular formula is C16H20N2O3. The van der Waals surface area contributed by atoms with Crippen LogP contribution in [0.25, 0.3) is 0 Å². The normalized spacial score (nSPS) is 20.9. The molecule has 1 amide bonds. The summed E-state index contributed by atoms with van der Waals surface area (Å²) < 4.78 is 0. The van der Waals surface area contributed by atoms with Crippen molar-refractivity contribution in [2.24, 2.45) is 0 Å². The van der Waals surface area contributed by atoms with Crippen LogP contribution in [0.1, 0.15) is 37.2 Å². The maximum Gasteiger partial charge on any atom is 0.323 e. The minimum Gasteiger partial charge on any atom is -0.480 e. The highest BCUT2D eigenvalue weighted by atomic mass is 16.4. The zero-order valence-corrected chi connectivity index (χ0v) is 11.9. The summed E-state index contributed by atoms with van der Waals surface area (Å²) in [6, 6.07) is 7.85. The molecule has 0 radical (unpaired) electrons. The summed E-state index contributed by atoms with van der Waals surface area (Å²) in [4.78, 5) is 25.6. The van der Waals surface area contributed by atoms with Gasteiger partial charge in [0.1, 0.15) is 6.54 Å². The lowest BCUT2D eigenvalue weighted by molar-refractivity contribution is -0.146. The monoisotopic (exact) mass is 288 g/mol. The van der Waals surface area contributed by atoms with Gasteiger partial charge in [-0.2, -0.15) is 0 Å². The summed E-state index contributed by atoms with van der Waals surface area (Å²) in [6.45, 7) is 0.364. The van der Waals surface area contributed by atoms with Gasteiger partial charge in [-0.15, -0.1) is 0 Å². The van der Waals surface area contributed by atoms with Gasteiger partial charge in [-0.1, -0.05) is 31.0 Å². The Balaban J connectivity index is 1.82. The summed E-state index contributed by atoms with van der Waals surface area (Å²) in [7, 11) is 0. The Kier molecular flexibility index (Phi) is 3.82. The highest BCUT2D eigenvalue weighted by Gasteiger charge is 2.36. The number of benzene rings is 1. The molecule has 1 saturated carbocycles. The van der Waals surface area contributed by atoms with Crippen LogP contribution in [0.3, 0.4) is 0 Å². The molecule has 5 nitrogen and oxygen atoms in total. The van der Waals surface area contributed by atoms with Crippen LogP contribution in [0.5, 0.6) is 0 Å². The van der Waals surface area contributed by atoms with Crippen molar-refractivity contribution >= 4 is 17.6 Å². The fourth-order valence-corrected chi connectivity index (χ4v) is 3.45. The van der Waals surface area contributed by atoms with Crippen molar-refractivity contribution in [1.82, 2.24) is 4.90 Å². The number of hydrogen-bond donors (Lipinski definition) is 2. The van der Waals surface area contributed by atoms with E-state index in [0.717, 1.165) is 36.9 Å². The second-order valence-corrected chi connectivity index (χ2v) is 5.82. The minimum absolute atomic E-state index is 0.0539. The Bertz CT molecular complexity index is 552. The van der Waals surface area contributed by atoms with Crippen LogP contribution in [0.15, 0.2) is 24.3 Å². The summed E-state index contributed by atoms with van der Waals surface area (Å²) in [5.74, 6) is -1.25. The van der Waals surface area contributed by atoms with E-state index in [0.29, 0.717) is 6.54 Å². The number of carboxylic acid groups (broad SMARTS) is 1. The molecule has 2 aliphatic rings. The first kappa shape index (κ1) is 13.9. The lowest BCUT2D eigenvalue weighted by Crippen LogP contribution is -2.45. The van der Waals surface area contributed by atoms with Gasteiger partial charge >= 0.3 is 5.97 Å². The lowest BCUT2D eigenvalue weighted by Gasteiger charge is -2.29. The number of rotatable bonds is 4. The third-order valence-corrected chi connectivity index (χ3v) is 4.49. The van der Waals surface area contributed by atoms with Gasteiger partial charge in [-0.3, -0.25) is 9.59 Å². The largest absolute Gasteiger partial charge is 0.480 e. The van der Waals surface area contributed by atoms with E-state index in [1.165, 1.54) is 0 Å². The number of para-hydroxylation sites is 1. The Labute approximate surface area is 123 Å². The predicted molar refractivity (Wildman–Crippen MR) is 79.3 cm³/mol. The second-order valence-electron chi connectivity index (χ2n) is 5.82. The standard InChI is InChI=1S/C16H20N2O3/c19-15(20)10-18(11-5-1-2-6-11)16(21)13-9-17-14-8-4-3-7-12(13)14/h3-4,7-8,11,13,17H,1-2,5-6,9-10H2,(H,19,20). The smallest absolute Gasteiger partial charge is 0.323 e. The average molecular weight is 288 g/mol. The van der Waals surface area contributed by atoms with Gasteiger partial charge in [0.15, 0.2) is 0 Å². The molecule has 1 heterocycles. The Morgan fingerprint density at radius 1 is 1.24 bits per heavy atom. The molecule has 1 atom stereocenters. The fourth-order valence-electron chi connectivity index (χ4n) is 3.45.